The van der Waals surface area contributed by atoms with Crippen LogP contribution in [-0.2, 0) is 11.2 Å². The molecule has 4 nitrogen and oxygen atoms in total. The molecule has 0 radical (unpaired) electrons. The minimum absolute atomic E-state index is 0.356. The predicted molar refractivity (Wildman–Crippen MR) is 120 cm³/mol. The highest BCUT2D eigenvalue weighted by molar-refractivity contribution is 6.06. The van der Waals surface area contributed by atoms with Crippen molar-refractivity contribution in [3.05, 3.63) is 89.2 Å². The Morgan fingerprint density at radius 2 is 1.87 bits per heavy atom. The minimum atomic E-state index is -0.491. The topological polar surface area (TPSA) is 42.4 Å². The van der Waals surface area contributed by atoms with Crippen LogP contribution in [0.2, 0.25) is 0 Å². The van der Waals surface area contributed by atoms with E-state index in [0.717, 1.165) is 18.7 Å². The molecule has 0 spiro atoms. The molecule has 0 unspecified atom stereocenters. The van der Waals surface area contributed by atoms with Crippen LogP contribution < -0.4 is 4.90 Å². The maximum absolute atomic E-state index is 13.9. The molecule has 1 aromatic heterocycles. The largest absolute Gasteiger partial charge is 0.465 e. The molecule has 0 N–H and O–H groups in total. The number of pyridine rings is 1. The number of ether oxygens (including phenoxy) is 1. The van der Waals surface area contributed by atoms with Crippen LogP contribution >= 0.6 is 0 Å². The fraction of sp³-hybridized carbons (Fsp3) is 0.154. The van der Waals surface area contributed by atoms with Gasteiger partial charge in [-0.05, 0) is 54.3 Å². The number of carbonyl (C=O) groups is 1. The van der Waals surface area contributed by atoms with Crippen LogP contribution in [0.3, 0.4) is 0 Å². The molecule has 0 saturated heterocycles. The third kappa shape index (κ3) is 3.13. The number of fused-ring (bicyclic) bond motifs is 2. The van der Waals surface area contributed by atoms with E-state index in [0.29, 0.717) is 27.8 Å². The molecule has 5 heteroatoms. The number of anilines is 2. The van der Waals surface area contributed by atoms with E-state index in [2.05, 4.69) is 29.2 Å². The maximum atomic E-state index is 13.9. The summed E-state index contributed by atoms with van der Waals surface area (Å²) in [5.41, 5.74) is 6.32. The van der Waals surface area contributed by atoms with Gasteiger partial charge in [0.1, 0.15) is 11.6 Å². The second-order valence-corrected chi connectivity index (χ2v) is 7.66. The number of benzene rings is 3. The lowest BCUT2D eigenvalue weighted by Crippen LogP contribution is -2.18. The number of aromatic nitrogens is 1. The molecular weight excluding hydrogens is 391 g/mol. The van der Waals surface area contributed by atoms with Crippen molar-refractivity contribution in [3.8, 4) is 11.1 Å². The van der Waals surface area contributed by atoms with Crippen molar-refractivity contribution in [2.24, 2.45) is 0 Å². The Bertz CT molecular complexity index is 1320. The zero-order valence-electron chi connectivity index (χ0n) is 17.4. The van der Waals surface area contributed by atoms with E-state index in [4.69, 9.17) is 9.72 Å². The Labute approximate surface area is 179 Å². The number of methoxy groups -OCH3 is 1. The highest BCUT2D eigenvalue weighted by Crippen LogP contribution is 2.41. The summed E-state index contributed by atoms with van der Waals surface area (Å²) in [6.07, 6.45) is 0.872. The molecule has 1 aliphatic heterocycles. The minimum Gasteiger partial charge on any atom is -0.465 e. The summed E-state index contributed by atoms with van der Waals surface area (Å²) in [6, 6.07) is 20.9. The maximum Gasteiger partial charge on any atom is 0.338 e. The third-order valence-corrected chi connectivity index (χ3v) is 5.92. The fourth-order valence-electron chi connectivity index (χ4n) is 4.49. The molecule has 0 amide bonds. The molecule has 31 heavy (non-hydrogen) atoms. The Kier molecular flexibility index (Phi) is 4.66. The Morgan fingerprint density at radius 1 is 1.06 bits per heavy atom. The molecule has 0 saturated carbocycles. The summed E-state index contributed by atoms with van der Waals surface area (Å²) >= 11 is 0. The molecule has 3 aromatic carbocycles. The van der Waals surface area contributed by atoms with E-state index >= 15 is 0 Å². The van der Waals surface area contributed by atoms with E-state index in [1.807, 2.05) is 31.2 Å². The summed E-state index contributed by atoms with van der Waals surface area (Å²) in [5, 5.41) is 0.463. The molecule has 1 aliphatic rings. The number of esters is 1. The van der Waals surface area contributed by atoms with Gasteiger partial charge in [0.2, 0.25) is 0 Å². The van der Waals surface area contributed by atoms with E-state index < -0.39 is 11.8 Å². The second kappa shape index (κ2) is 7.51. The van der Waals surface area contributed by atoms with Crippen LogP contribution in [0.1, 0.15) is 21.5 Å². The average molecular weight is 412 g/mol. The second-order valence-electron chi connectivity index (χ2n) is 7.66. The van der Waals surface area contributed by atoms with Gasteiger partial charge in [-0.2, -0.15) is 0 Å². The Morgan fingerprint density at radius 3 is 2.65 bits per heavy atom. The highest BCUT2D eigenvalue weighted by Gasteiger charge is 2.28. The van der Waals surface area contributed by atoms with Gasteiger partial charge in [-0.3, -0.25) is 0 Å². The van der Waals surface area contributed by atoms with E-state index in [9.17, 15) is 9.18 Å². The molecule has 0 aliphatic carbocycles. The Balaban J connectivity index is 1.70. The van der Waals surface area contributed by atoms with Crippen LogP contribution in [0, 0.1) is 12.7 Å². The smallest absolute Gasteiger partial charge is 0.338 e. The zero-order valence-corrected chi connectivity index (χ0v) is 17.4. The summed E-state index contributed by atoms with van der Waals surface area (Å²) in [5.74, 6) is -0.205. The first-order chi connectivity index (χ1) is 15.1. The number of hydrogen-bond acceptors (Lipinski definition) is 4. The van der Waals surface area contributed by atoms with Gasteiger partial charge in [-0.1, -0.05) is 42.5 Å². The van der Waals surface area contributed by atoms with Gasteiger partial charge >= 0.3 is 5.97 Å². The normalized spacial score (nSPS) is 12.8. The van der Waals surface area contributed by atoms with E-state index in [-0.39, 0.29) is 0 Å². The third-order valence-electron chi connectivity index (χ3n) is 5.92. The molecule has 4 aromatic rings. The molecule has 154 valence electrons. The molecule has 0 fully saturated rings. The van der Waals surface area contributed by atoms with Gasteiger partial charge in [0.05, 0.1) is 18.2 Å². The quantitative estimate of drug-likeness (QED) is 0.397. The first-order valence-corrected chi connectivity index (χ1v) is 10.2. The van der Waals surface area contributed by atoms with Crippen molar-refractivity contribution in [1.82, 2.24) is 4.98 Å². The molecule has 5 rings (SSSR count). The number of carbonyl (C=O) groups excluding carboxylic acids is 1. The number of nitrogens with zero attached hydrogens (tertiary/aromatic N) is 2. The van der Waals surface area contributed by atoms with Crippen molar-refractivity contribution in [2.75, 3.05) is 18.6 Å². The number of hydrogen-bond donors (Lipinski definition) is 0. The summed E-state index contributed by atoms with van der Waals surface area (Å²) in [6.45, 7) is 2.60. The highest BCUT2D eigenvalue weighted by atomic mass is 19.1. The van der Waals surface area contributed by atoms with Gasteiger partial charge < -0.3 is 9.64 Å². The van der Waals surface area contributed by atoms with Crippen molar-refractivity contribution in [2.45, 2.75) is 13.3 Å². The standard InChI is InChI=1S/C26H21FN2O2/c1-16-24(26(30)31-2)21-15-18(27)11-12-22(21)28-25(16)29-14-13-20-19(9-6-10-23(20)29)17-7-4-3-5-8-17/h3-12,15H,13-14H2,1-2H3. The first-order valence-electron chi connectivity index (χ1n) is 10.2. The van der Waals surface area contributed by atoms with Crippen molar-refractivity contribution in [1.29, 1.82) is 0 Å². The zero-order chi connectivity index (χ0) is 21.5. The van der Waals surface area contributed by atoms with Gasteiger partial charge in [-0.15, -0.1) is 0 Å². The summed E-state index contributed by atoms with van der Waals surface area (Å²) in [4.78, 5) is 19.6. The van der Waals surface area contributed by atoms with Crippen LogP contribution in [0.4, 0.5) is 15.9 Å². The van der Waals surface area contributed by atoms with Crippen molar-refractivity contribution < 1.29 is 13.9 Å². The predicted octanol–water partition coefficient (Wildman–Crippen LogP) is 5.83. The fourth-order valence-corrected chi connectivity index (χ4v) is 4.49. The van der Waals surface area contributed by atoms with Crippen LogP contribution in [0.25, 0.3) is 22.0 Å². The van der Waals surface area contributed by atoms with Crippen LogP contribution in [0.5, 0.6) is 0 Å². The lowest BCUT2D eigenvalue weighted by molar-refractivity contribution is 0.0602. The van der Waals surface area contributed by atoms with E-state index in [1.54, 1.807) is 6.07 Å². The van der Waals surface area contributed by atoms with Crippen molar-refractivity contribution >= 4 is 28.4 Å². The van der Waals surface area contributed by atoms with Crippen LogP contribution in [0.15, 0.2) is 66.7 Å². The average Bonchev–Trinajstić information content (AvgIpc) is 3.23. The summed E-state index contributed by atoms with van der Waals surface area (Å²) < 4.78 is 19.0. The van der Waals surface area contributed by atoms with Gasteiger partial charge in [-0.25, -0.2) is 14.2 Å². The van der Waals surface area contributed by atoms with E-state index in [1.165, 1.54) is 35.9 Å². The lowest BCUT2D eigenvalue weighted by Gasteiger charge is -2.23. The number of halogens is 1. The van der Waals surface area contributed by atoms with Crippen LogP contribution in [-0.4, -0.2) is 24.6 Å². The summed E-state index contributed by atoms with van der Waals surface area (Å²) in [7, 11) is 1.34. The molecule has 0 bridgehead atoms. The van der Waals surface area contributed by atoms with Gasteiger partial charge in [0, 0.05) is 23.2 Å². The molecule has 0 atom stereocenters. The van der Waals surface area contributed by atoms with Gasteiger partial charge in [0.15, 0.2) is 0 Å². The molecular formula is C26H21FN2O2. The lowest BCUT2D eigenvalue weighted by atomic mass is 9.98. The first kappa shape index (κ1) is 19.2. The molecule has 2 heterocycles. The van der Waals surface area contributed by atoms with Gasteiger partial charge in [0.25, 0.3) is 0 Å². The number of rotatable bonds is 3. The Hall–Kier alpha value is -3.73. The van der Waals surface area contributed by atoms with Crippen molar-refractivity contribution in [3.63, 3.8) is 0 Å². The monoisotopic (exact) mass is 412 g/mol. The SMILES string of the molecule is COC(=O)c1c(C)c(N2CCc3c(-c4ccccc4)cccc32)nc2ccc(F)cc12.